The highest BCUT2D eigenvalue weighted by molar-refractivity contribution is 7.92. The Hall–Kier alpha value is -1.31. The van der Waals surface area contributed by atoms with Gasteiger partial charge in [-0.15, -0.1) is 0 Å². The molecule has 0 radical (unpaired) electrons. The molecule has 8 heteroatoms. The van der Waals surface area contributed by atoms with Crippen LogP contribution in [0.4, 0.5) is 17.6 Å². The van der Waals surface area contributed by atoms with Crippen LogP contribution in [0.3, 0.4) is 0 Å². The van der Waals surface area contributed by atoms with Gasteiger partial charge in [0.15, 0.2) is 32.1 Å². The Balaban J connectivity index is 2.70. The molecule has 0 aliphatic heterocycles. The van der Waals surface area contributed by atoms with E-state index in [4.69, 9.17) is 4.74 Å². The number of sulfone groups is 1. The molecule has 21 heavy (non-hydrogen) atoms. The third kappa shape index (κ3) is 2.61. The lowest BCUT2D eigenvalue weighted by Crippen LogP contribution is -2.28. The van der Waals surface area contributed by atoms with E-state index in [1.807, 2.05) is 0 Å². The molecule has 1 aliphatic rings. The van der Waals surface area contributed by atoms with Gasteiger partial charge < -0.3 is 4.74 Å². The Labute approximate surface area is 119 Å². The van der Waals surface area contributed by atoms with E-state index in [-0.39, 0.29) is 0 Å². The summed E-state index contributed by atoms with van der Waals surface area (Å²) in [5.74, 6) is -9.07. The van der Waals surface area contributed by atoms with Crippen molar-refractivity contribution in [3.05, 3.63) is 23.3 Å². The minimum atomic E-state index is -4.38. The summed E-state index contributed by atoms with van der Waals surface area (Å²) < 4.78 is 83.7. The summed E-state index contributed by atoms with van der Waals surface area (Å²) >= 11 is 0. The van der Waals surface area contributed by atoms with Crippen molar-refractivity contribution in [2.75, 3.05) is 0 Å². The van der Waals surface area contributed by atoms with Crippen molar-refractivity contribution in [2.45, 2.75) is 49.4 Å². The smallest absolute Gasteiger partial charge is 0.205 e. The summed E-state index contributed by atoms with van der Waals surface area (Å²) in [6.45, 7) is 2.45. The summed E-state index contributed by atoms with van der Waals surface area (Å²) in [4.78, 5) is -1.25. The Bertz CT molecular complexity index is 667. The number of halogens is 4. The molecule has 0 atom stereocenters. The van der Waals surface area contributed by atoms with Crippen LogP contribution in [0.15, 0.2) is 4.90 Å². The van der Waals surface area contributed by atoms with Crippen LogP contribution in [0, 0.1) is 23.3 Å². The fourth-order valence-electron chi connectivity index (χ4n) is 1.84. The van der Waals surface area contributed by atoms with Crippen molar-refractivity contribution < 1.29 is 30.7 Å². The number of hydrogen-bond acceptors (Lipinski definition) is 3. The zero-order valence-corrected chi connectivity index (χ0v) is 12.2. The monoisotopic (exact) mass is 326 g/mol. The van der Waals surface area contributed by atoms with Gasteiger partial charge in [0, 0.05) is 0 Å². The minimum absolute atomic E-state index is 0.515. The third-order valence-corrected chi connectivity index (χ3v) is 5.60. The predicted molar refractivity (Wildman–Crippen MR) is 66.9 cm³/mol. The standard InChI is InChI=1S/C13H14F4O3S/c1-6(2)21(18,19)13-11(17)9(15)8(14)10(16)12(13)20-7-4-3-5-7/h6-7H,3-5H2,1-2H3. The van der Waals surface area contributed by atoms with Crippen molar-refractivity contribution in [2.24, 2.45) is 0 Å². The molecule has 0 unspecified atom stereocenters. The molecule has 0 saturated heterocycles. The summed E-state index contributed by atoms with van der Waals surface area (Å²) in [6.07, 6.45) is 1.29. The van der Waals surface area contributed by atoms with Crippen molar-refractivity contribution in [1.82, 2.24) is 0 Å². The zero-order chi connectivity index (χ0) is 15.9. The van der Waals surface area contributed by atoms with Crippen LogP contribution < -0.4 is 4.74 Å². The Morgan fingerprint density at radius 1 is 1.00 bits per heavy atom. The molecule has 118 valence electrons. The van der Waals surface area contributed by atoms with Crippen LogP contribution in [-0.4, -0.2) is 19.8 Å². The van der Waals surface area contributed by atoms with E-state index in [2.05, 4.69) is 0 Å². The highest BCUT2D eigenvalue weighted by Gasteiger charge is 2.37. The van der Waals surface area contributed by atoms with Crippen molar-refractivity contribution in [1.29, 1.82) is 0 Å². The van der Waals surface area contributed by atoms with Crippen LogP contribution in [-0.2, 0) is 9.84 Å². The fraction of sp³-hybridized carbons (Fsp3) is 0.538. The second kappa shape index (κ2) is 5.47. The van der Waals surface area contributed by atoms with Crippen LogP contribution in [0.1, 0.15) is 33.1 Å². The Morgan fingerprint density at radius 2 is 1.52 bits per heavy atom. The molecular weight excluding hydrogens is 312 g/mol. The van der Waals surface area contributed by atoms with Crippen LogP contribution in [0.5, 0.6) is 5.75 Å². The molecule has 0 bridgehead atoms. The van der Waals surface area contributed by atoms with Crippen LogP contribution in [0.2, 0.25) is 0 Å². The highest BCUT2D eigenvalue weighted by Crippen LogP contribution is 2.38. The number of benzene rings is 1. The molecule has 2 rings (SSSR count). The quantitative estimate of drug-likeness (QED) is 0.369. The van der Waals surface area contributed by atoms with Crippen molar-refractivity contribution in [3.63, 3.8) is 0 Å². The highest BCUT2D eigenvalue weighted by atomic mass is 32.2. The largest absolute Gasteiger partial charge is 0.486 e. The second-order valence-electron chi connectivity index (χ2n) is 5.18. The molecule has 1 aromatic carbocycles. The van der Waals surface area contributed by atoms with Gasteiger partial charge in [-0.05, 0) is 33.1 Å². The van der Waals surface area contributed by atoms with Gasteiger partial charge in [-0.1, -0.05) is 0 Å². The Kier molecular flexibility index (Phi) is 4.19. The minimum Gasteiger partial charge on any atom is -0.486 e. The van der Waals surface area contributed by atoms with Gasteiger partial charge in [0.1, 0.15) is 0 Å². The van der Waals surface area contributed by atoms with E-state index in [0.717, 1.165) is 6.42 Å². The van der Waals surface area contributed by atoms with E-state index in [0.29, 0.717) is 12.8 Å². The van der Waals surface area contributed by atoms with E-state index in [1.165, 1.54) is 13.8 Å². The van der Waals surface area contributed by atoms with E-state index in [1.54, 1.807) is 0 Å². The fourth-order valence-corrected chi connectivity index (χ4v) is 3.05. The number of ether oxygens (including phenoxy) is 1. The van der Waals surface area contributed by atoms with Crippen LogP contribution in [0.25, 0.3) is 0 Å². The van der Waals surface area contributed by atoms with Gasteiger partial charge in [-0.25, -0.2) is 21.6 Å². The molecule has 0 aromatic heterocycles. The molecule has 0 spiro atoms. The molecule has 1 aromatic rings. The normalized spacial score (nSPS) is 16.1. The lowest BCUT2D eigenvalue weighted by Gasteiger charge is -2.28. The zero-order valence-electron chi connectivity index (χ0n) is 11.4. The maximum atomic E-state index is 13.9. The molecule has 0 heterocycles. The molecule has 1 aliphatic carbocycles. The summed E-state index contributed by atoms with van der Waals surface area (Å²) in [7, 11) is -4.38. The topological polar surface area (TPSA) is 43.4 Å². The van der Waals surface area contributed by atoms with Gasteiger partial charge in [-0.2, -0.15) is 4.39 Å². The molecule has 1 fully saturated rings. The first-order valence-electron chi connectivity index (χ1n) is 6.44. The maximum absolute atomic E-state index is 13.9. The van der Waals surface area contributed by atoms with E-state index < -0.39 is 55.1 Å². The average Bonchev–Trinajstić information content (AvgIpc) is 2.36. The third-order valence-electron chi connectivity index (χ3n) is 3.42. The molecule has 1 saturated carbocycles. The van der Waals surface area contributed by atoms with Gasteiger partial charge >= 0.3 is 0 Å². The molecule has 0 amide bonds. The van der Waals surface area contributed by atoms with Crippen molar-refractivity contribution >= 4 is 9.84 Å². The summed E-state index contributed by atoms with van der Waals surface area (Å²) in [6, 6.07) is 0. The molecule has 3 nitrogen and oxygen atoms in total. The van der Waals surface area contributed by atoms with Crippen molar-refractivity contribution in [3.8, 4) is 5.75 Å². The average molecular weight is 326 g/mol. The predicted octanol–water partition coefficient (Wildman–Crippen LogP) is 3.36. The van der Waals surface area contributed by atoms with Crippen LogP contribution >= 0.6 is 0 Å². The second-order valence-corrected chi connectivity index (χ2v) is 7.62. The first kappa shape index (κ1) is 16.1. The molecule has 0 N–H and O–H groups in total. The van der Waals surface area contributed by atoms with Gasteiger partial charge in [0.05, 0.1) is 11.4 Å². The first-order valence-corrected chi connectivity index (χ1v) is 7.99. The number of hydrogen-bond donors (Lipinski definition) is 0. The van der Waals surface area contributed by atoms with E-state index in [9.17, 15) is 26.0 Å². The first-order chi connectivity index (χ1) is 9.67. The van der Waals surface area contributed by atoms with Gasteiger partial charge in [0.25, 0.3) is 0 Å². The van der Waals surface area contributed by atoms with Gasteiger partial charge in [0.2, 0.25) is 11.6 Å². The number of rotatable bonds is 4. The van der Waals surface area contributed by atoms with E-state index >= 15 is 0 Å². The summed E-state index contributed by atoms with van der Waals surface area (Å²) in [5.41, 5.74) is 0. The maximum Gasteiger partial charge on any atom is 0.205 e. The molecular formula is C13H14F4O3S. The lowest BCUT2D eigenvalue weighted by atomic mass is 9.96. The SMILES string of the molecule is CC(C)S(=O)(=O)c1c(F)c(F)c(F)c(F)c1OC1CCC1. The lowest BCUT2D eigenvalue weighted by molar-refractivity contribution is 0.108. The Morgan fingerprint density at radius 3 is 1.95 bits per heavy atom. The van der Waals surface area contributed by atoms with Gasteiger partial charge in [-0.3, -0.25) is 0 Å². The summed E-state index contributed by atoms with van der Waals surface area (Å²) in [5, 5.41) is -1.14.